The van der Waals surface area contributed by atoms with Crippen LogP contribution in [-0.4, -0.2) is 24.0 Å². The van der Waals surface area contributed by atoms with Crippen LogP contribution in [-0.2, 0) is 4.79 Å². The van der Waals surface area contributed by atoms with E-state index in [4.69, 9.17) is 5.73 Å². The van der Waals surface area contributed by atoms with Crippen molar-refractivity contribution in [3.63, 3.8) is 0 Å². The van der Waals surface area contributed by atoms with Gasteiger partial charge in [0.15, 0.2) is 0 Å². The van der Waals surface area contributed by atoms with Crippen LogP contribution in [0, 0.1) is 23.5 Å². The van der Waals surface area contributed by atoms with Gasteiger partial charge in [-0.3, -0.25) is 4.79 Å². The zero-order valence-corrected chi connectivity index (χ0v) is 8.81. The van der Waals surface area contributed by atoms with E-state index in [9.17, 15) is 22.4 Å². The summed E-state index contributed by atoms with van der Waals surface area (Å²) in [6.07, 6.45) is 0. The number of pyridine rings is 1. The van der Waals surface area contributed by atoms with Gasteiger partial charge in [0.1, 0.15) is 5.69 Å². The minimum atomic E-state index is -1.78. The van der Waals surface area contributed by atoms with Crippen molar-refractivity contribution in [1.82, 2.24) is 4.98 Å². The zero-order valence-electron chi connectivity index (χ0n) is 8.81. The minimum Gasteiger partial charge on any atom is -0.368 e. The molecule has 1 heterocycles. The standard InChI is InChI=1S/C9H9F4N3O/c1-2-16(3-4(14)17)7-5(10)8(12)15-9(13)6(7)11/h2-3H2,1H3,(H2,14,17). The molecule has 1 aromatic heterocycles. The van der Waals surface area contributed by atoms with Gasteiger partial charge in [0.2, 0.25) is 17.5 Å². The number of hydrogen-bond donors (Lipinski definition) is 1. The summed E-state index contributed by atoms with van der Waals surface area (Å²) >= 11 is 0. The molecule has 0 atom stereocenters. The number of nitrogens with two attached hydrogens (primary N) is 1. The van der Waals surface area contributed by atoms with Crippen molar-refractivity contribution >= 4 is 11.6 Å². The average Bonchev–Trinajstić information content (AvgIpc) is 2.24. The summed E-state index contributed by atoms with van der Waals surface area (Å²) in [5.74, 6) is -7.76. The van der Waals surface area contributed by atoms with Crippen LogP contribution in [0.1, 0.15) is 6.92 Å². The Labute approximate surface area is 94.0 Å². The maximum absolute atomic E-state index is 13.3. The van der Waals surface area contributed by atoms with Crippen LogP contribution in [0.2, 0.25) is 0 Å². The van der Waals surface area contributed by atoms with Gasteiger partial charge in [-0.1, -0.05) is 0 Å². The van der Waals surface area contributed by atoms with E-state index in [1.807, 2.05) is 0 Å². The highest BCUT2D eigenvalue weighted by Crippen LogP contribution is 2.25. The molecule has 0 fully saturated rings. The number of likely N-dealkylation sites (N-methyl/N-ethyl adjacent to an activating group) is 1. The first-order chi connectivity index (χ1) is 7.88. The highest BCUT2D eigenvalue weighted by Gasteiger charge is 2.25. The highest BCUT2D eigenvalue weighted by molar-refractivity contribution is 5.79. The Kier molecular flexibility index (Phi) is 3.87. The number of carbonyl (C=O) groups is 1. The number of nitrogens with zero attached hydrogens (tertiary/aromatic N) is 2. The fraction of sp³-hybridized carbons (Fsp3) is 0.333. The SMILES string of the molecule is CCN(CC(N)=O)c1c(F)c(F)nc(F)c1F. The van der Waals surface area contributed by atoms with E-state index in [1.165, 1.54) is 6.92 Å². The van der Waals surface area contributed by atoms with Gasteiger partial charge in [-0.2, -0.15) is 22.5 Å². The second kappa shape index (κ2) is 4.98. The van der Waals surface area contributed by atoms with Gasteiger partial charge in [0, 0.05) is 6.54 Å². The Balaban J connectivity index is 3.31. The van der Waals surface area contributed by atoms with E-state index in [0.717, 1.165) is 4.90 Å². The molecule has 1 aromatic rings. The summed E-state index contributed by atoms with van der Waals surface area (Å²) in [6.45, 7) is 0.824. The van der Waals surface area contributed by atoms with Crippen LogP contribution in [0.25, 0.3) is 0 Å². The average molecular weight is 251 g/mol. The van der Waals surface area contributed by atoms with Gasteiger partial charge in [-0.15, -0.1) is 0 Å². The Bertz CT molecular complexity index is 426. The first-order valence-electron chi connectivity index (χ1n) is 4.61. The quantitative estimate of drug-likeness (QED) is 0.640. The van der Waals surface area contributed by atoms with E-state index in [1.54, 1.807) is 0 Å². The van der Waals surface area contributed by atoms with Crippen LogP contribution in [0.15, 0.2) is 0 Å². The number of aromatic nitrogens is 1. The molecule has 0 aromatic carbocycles. The van der Waals surface area contributed by atoms with Gasteiger partial charge < -0.3 is 10.6 Å². The van der Waals surface area contributed by atoms with Crippen molar-refractivity contribution in [3.8, 4) is 0 Å². The molecule has 0 aliphatic rings. The first kappa shape index (κ1) is 13.2. The lowest BCUT2D eigenvalue weighted by atomic mass is 10.3. The normalized spacial score (nSPS) is 10.4. The number of halogens is 4. The second-order valence-electron chi connectivity index (χ2n) is 3.15. The molecule has 1 rings (SSSR count). The van der Waals surface area contributed by atoms with Crippen LogP contribution < -0.4 is 10.6 Å². The lowest BCUT2D eigenvalue weighted by Gasteiger charge is -2.22. The van der Waals surface area contributed by atoms with Crippen LogP contribution in [0.3, 0.4) is 0 Å². The third kappa shape index (κ3) is 2.63. The molecular formula is C9H9F4N3O. The second-order valence-corrected chi connectivity index (χ2v) is 3.15. The van der Waals surface area contributed by atoms with Gasteiger partial charge >= 0.3 is 0 Å². The van der Waals surface area contributed by atoms with Gasteiger partial charge in [-0.05, 0) is 6.92 Å². The molecule has 0 aliphatic carbocycles. The molecule has 0 saturated carbocycles. The van der Waals surface area contributed by atoms with Gasteiger partial charge in [0.05, 0.1) is 6.54 Å². The number of hydrogen-bond acceptors (Lipinski definition) is 3. The van der Waals surface area contributed by atoms with E-state index >= 15 is 0 Å². The zero-order chi connectivity index (χ0) is 13.2. The van der Waals surface area contributed by atoms with Crippen LogP contribution in [0.4, 0.5) is 23.2 Å². The lowest BCUT2D eigenvalue weighted by Crippen LogP contribution is -2.35. The predicted molar refractivity (Wildman–Crippen MR) is 51.2 cm³/mol. The van der Waals surface area contributed by atoms with E-state index in [0.29, 0.717) is 0 Å². The van der Waals surface area contributed by atoms with Crippen molar-refractivity contribution in [3.05, 3.63) is 23.5 Å². The summed E-state index contributed by atoms with van der Waals surface area (Å²) in [4.78, 5) is 13.8. The predicted octanol–water partition coefficient (Wildman–Crippen LogP) is 0.950. The topological polar surface area (TPSA) is 59.2 Å². The monoisotopic (exact) mass is 251 g/mol. The summed E-state index contributed by atoms with van der Waals surface area (Å²) in [7, 11) is 0. The number of rotatable bonds is 4. The van der Waals surface area contributed by atoms with Crippen LogP contribution in [0.5, 0.6) is 0 Å². The number of carbonyl (C=O) groups excluding carboxylic acids is 1. The third-order valence-corrected chi connectivity index (χ3v) is 2.02. The molecule has 0 radical (unpaired) electrons. The van der Waals surface area contributed by atoms with Crippen molar-refractivity contribution in [2.24, 2.45) is 5.73 Å². The summed E-state index contributed by atoms with van der Waals surface area (Å²) < 4.78 is 52.2. The van der Waals surface area contributed by atoms with Crippen molar-refractivity contribution in [2.75, 3.05) is 18.0 Å². The van der Waals surface area contributed by atoms with E-state index < -0.39 is 41.7 Å². The fourth-order valence-electron chi connectivity index (χ4n) is 1.29. The molecule has 4 nitrogen and oxygen atoms in total. The molecule has 2 N–H and O–H groups in total. The van der Waals surface area contributed by atoms with Gasteiger partial charge in [-0.25, -0.2) is 0 Å². The summed E-state index contributed by atoms with van der Waals surface area (Å²) in [6, 6.07) is 0. The van der Waals surface area contributed by atoms with E-state index in [2.05, 4.69) is 4.98 Å². The molecule has 0 spiro atoms. The lowest BCUT2D eigenvalue weighted by molar-refractivity contribution is -0.116. The molecule has 94 valence electrons. The maximum Gasteiger partial charge on any atom is 0.253 e. The van der Waals surface area contributed by atoms with Crippen molar-refractivity contribution in [1.29, 1.82) is 0 Å². The molecular weight excluding hydrogens is 242 g/mol. The summed E-state index contributed by atoms with van der Waals surface area (Å²) in [5.41, 5.74) is 3.86. The molecule has 1 amide bonds. The Morgan fingerprint density at radius 3 is 2.06 bits per heavy atom. The summed E-state index contributed by atoms with van der Waals surface area (Å²) in [5, 5.41) is 0. The highest BCUT2D eigenvalue weighted by atomic mass is 19.2. The minimum absolute atomic E-state index is 0.0559. The van der Waals surface area contributed by atoms with E-state index in [-0.39, 0.29) is 6.54 Å². The molecule has 0 unspecified atom stereocenters. The molecule has 0 saturated heterocycles. The van der Waals surface area contributed by atoms with Crippen molar-refractivity contribution < 1.29 is 22.4 Å². The Hall–Kier alpha value is -1.86. The molecule has 8 heteroatoms. The number of primary amides is 1. The van der Waals surface area contributed by atoms with Crippen molar-refractivity contribution in [2.45, 2.75) is 6.92 Å². The third-order valence-electron chi connectivity index (χ3n) is 2.02. The largest absolute Gasteiger partial charge is 0.368 e. The Morgan fingerprint density at radius 2 is 1.71 bits per heavy atom. The maximum atomic E-state index is 13.3. The van der Waals surface area contributed by atoms with Crippen LogP contribution >= 0.6 is 0 Å². The fourth-order valence-corrected chi connectivity index (χ4v) is 1.29. The Morgan fingerprint density at radius 1 is 1.24 bits per heavy atom. The smallest absolute Gasteiger partial charge is 0.253 e. The molecule has 0 bridgehead atoms. The number of anilines is 1. The van der Waals surface area contributed by atoms with Gasteiger partial charge in [0.25, 0.3) is 11.9 Å². The number of amides is 1. The molecule has 0 aliphatic heterocycles. The molecule has 17 heavy (non-hydrogen) atoms. The first-order valence-corrected chi connectivity index (χ1v) is 4.61.